The van der Waals surface area contributed by atoms with Gasteiger partial charge in [0.1, 0.15) is 30.2 Å². The number of hydrogen-bond donors (Lipinski definition) is 0. The maximum Gasteiger partial charge on any atom is 0.196 e. The van der Waals surface area contributed by atoms with Crippen LogP contribution in [0.3, 0.4) is 0 Å². The Kier molecular flexibility index (Phi) is 11.7. The molecule has 2 aliphatic rings. The van der Waals surface area contributed by atoms with Gasteiger partial charge in [0.05, 0.1) is 0 Å². The number of benzene rings is 2. The van der Waals surface area contributed by atoms with Gasteiger partial charge in [0.2, 0.25) is 0 Å². The minimum atomic E-state index is -0.0858. The quantitative estimate of drug-likeness (QED) is 0.416. The van der Waals surface area contributed by atoms with Crippen LogP contribution < -0.4 is 10.6 Å². The van der Waals surface area contributed by atoms with Crippen molar-refractivity contribution in [3.05, 3.63) is 59.7 Å². The molecular weight excluding hydrogens is 458 g/mol. The molecule has 0 fully saturated rings. The van der Waals surface area contributed by atoms with Gasteiger partial charge in [0.15, 0.2) is 11.8 Å². The fourth-order valence-corrected chi connectivity index (χ4v) is 5.76. The summed E-state index contributed by atoms with van der Waals surface area (Å²) in [5.41, 5.74) is 2.54. The van der Waals surface area contributed by atoms with Gasteiger partial charge in [-0.1, -0.05) is 93.4 Å². The zero-order valence-corrected chi connectivity index (χ0v) is 24.2. The van der Waals surface area contributed by atoms with Gasteiger partial charge in [-0.2, -0.15) is 0 Å². The molecule has 6 unspecified atom stereocenters. The Labute approximate surface area is 210 Å². The lowest BCUT2D eigenvalue weighted by Gasteiger charge is -2.17. The van der Waals surface area contributed by atoms with E-state index in [0.717, 1.165) is 29.0 Å². The van der Waals surface area contributed by atoms with Crippen molar-refractivity contribution in [1.82, 2.24) is 0 Å². The predicted octanol–water partition coefficient (Wildman–Crippen LogP) is 6.66. The van der Waals surface area contributed by atoms with Gasteiger partial charge < -0.3 is 9.47 Å². The highest BCUT2D eigenvalue weighted by molar-refractivity contribution is 7.46. The minimum Gasteiger partial charge on any atom is -0.475 e. The van der Waals surface area contributed by atoms with E-state index in [1.54, 1.807) is 0 Å². The molecule has 0 amide bonds. The number of ether oxygens (including phenoxy) is 2. The first-order chi connectivity index (χ1) is 16.5. The molecule has 0 radical (unpaired) electrons. The Balaban J connectivity index is 0.000000970. The van der Waals surface area contributed by atoms with Crippen molar-refractivity contribution in [1.29, 1.82) is 0 Å². The third-order valence-corrected chi connectivity index (χ3v) is 7.86. The smallest absolute Gasteiger partial charge is 0.196 e. The molecular formula is C28H42N2O2P2. The number of hydrogen-bond acceptors (Lipinski definition) is 4. The summed E-state index contributed by atoms with van der Waals surface area (Å²) < 4.78 is 12.4. The molecule has 0 aliphatic carbocycles. The first kappa shape index (κ1) is 28.5. The second-order valence-corrected chi connectivity index (χ2v) is 9.94. The van der Waals surface area contributed by atoms with Crippen molar-refractivity contribution in [3.8, 4) is 0 Å². The molecule has 0 spiro atoms. The zero-order valence-electron chi connectivity index (χ0n) is 22.2. The average molecular weight is 501 g/mol. The molecule has 2 aromatic carbocycles. The molecule has 0 saturated carbocycles. The Hall–Kier alpha value is -1.76. The largest absolute Gasteiger partial charge is 0.475 e. The van der Waals surface area contributed by atoms with E-state index in [-0.39, 0.29) is 30.2 Å². The second kappa shape index (κ2) is 14.0. The first-order valence-corrected chi connectivity index (χ1v) is 15.6. The molecule has 186 valence electrons. The Morgan fingerprint density at radius 2 is 1.03 bits per heavy atom. The van der Waals surface area contributed by atoms with Crippen molar-refractivity contribution in [3.63, 3.8) is 0 Å². The topological polar surface area (TPSA) is 43.2 Å². The van der Waals surface area contributed by atoms with Crippen LogP contribution in [0.5, 0.6) is 0 Å². The fourth-order valence-electron chi connectivity index (χ4n) is 4.20. The van der Waals surface area contributed by atoms with Gasteiger partial charge in [-0.25, -0.2) is 9.98 Å². The van der Waals surface area contributed by atoms with Crippen LogP contribution in [0.4, 0.5) is 0 Å². The third-order valence-electron chi connectivity index (χ3n) is 5.87. The average Bonchev–Trinajstić information content (AvgIpc) is 3.48. The van der Waals surface area contributed by atoms with Crippen LogP contribution >= 0.6 is 17.2 Å². The lowest BCUT2D eigenvalue weighted by molar-refractivity contribution is 0.191. The Morgan fingerprint density at radius 1 is 0.676 bits per heavy atom. The highest BCUT2D eigenvalue weighted by Crippen LogP contribution is 2.35. The van der Waals surface area contributed by atoms with Crippen LogP contribution in [0.15, 0.2) is 58.5 Å². The molecule has 6 heteroatoms. The molecule has 0 saturated heterocycles. The van der Waals surface area contributed by atoms with Crippen LogP contribution in [0.1, 0.15) is 71.7 Å². The van der Waals surface area contributed by atoms with E-state index >= 15 is 0 Å². The van der Waals surface area contributed by atoms with Crippen molar-refractivity contribution in [2.24, 2.45) is 15.9 Å². The summed E-state index contributed by atoms with van der Waals surface area (Å²) >= 11 is 0. The molecule has 4 nitrogen and oxygen atoms in total. The summed E-state index contributed by atoms with van der Waals surface area (Å²) in [6.45, 7) is 18.7. The molecule has 0 aromatic heterocycles. The highest BCUT2D eigenvalue weighted by atomic mass is 31.1. The van der Waals surface area contributed by atoms with Crippen LogP contribution in [0, 0.1) is 5.92 Å². The molecule has 34 heavy (non-hydrogen) atoms. The Morgan fingerprint density at radius 3 is 1.38 bits per heavy atom. The zero-order chi connectivity index (χ0) is 25.3. The van der Waals surface area contributed by atoms with Crippen molar-refractivity contribution < 1.29 is 9.47 Å². The summed E-state index contributed by atoms with van der Waals surface area (Å²) in [6, 6.07) is 17.2. The number of nitrogens with zero attached hydrogens (tertiary/aromatic N) is 2. The van der Waals surface area contributed by atoms with E-state index in [4.69, 9.17) is 19.5 Å². The van der Waals surface area contributed by atoms with E-state index in [0.29, 0.717) is 0 Å². The summed E-state index contributed by atoms with van der Waals surface area (Å²) in [5.74, 6) is 1.38. The van der Waals surface area contributed by atoms with Gasteiger partial charge in [0.25, 0.3) is 0 Å². The SMILES string of the molecule is CC.CC.CPc1ccccc1C1N=C(C(C)C2=N[C@H](c3ccccc3PC)C(C)O2)OC1C. The van der Waals surface area contributed by atoms with E-state index in [1.165, 1.54) is 21.7 Å². The van der Waals surface area contributed by atoms with Gasteiger partial charge in [-0.3, -0.25) is 0 Å². The summed E-state index contributed by atoms with van der Waals surface area (Å²) in [4.78, 5) is 9.98. The van der Waals surface area contributed by atoms with E-state index < -0.39 is 0 Å². The van der Waals surface area contributed by atoms with Crippen LogP contribution in [0.25, 0.3) is 0 Å². The van der Waals surface area contributed by atoms with E-state index in [2.05, 4.69) is 82.6 Å². The number of rotatable bonds is 6. The molecule has 2 heterocycles. The van der Waals surface area contributed by atoms with E-state index in [1.807, 2.05) is 27.7 Å². The standard InChI is InChI=1S/C24H30N2O2P2.2C2H6/c1-14(23-25-21(15(2)27-23)17-10-6-8-12-19(17)29-4)24-26-22(16(3)28-24)18-11-7-9-13-20(18)30-5;2*1-2/h6-16,21-22,29-30H,1-5H3;2*1-2H3/t14?,15?,16?,21-,22?;;/m0../s1. The molecule has 4 rings (SSSR count). The second-order valence-electron chi connectivity index (χ2n) is 7.87. The summed E-state index contributed by atoms with van der Waals surface area (Å²) in [7, 11) is 1.48. The van der Waals surface area contributed by atoms with Gasteiger partial charge in [-0.05, 0) is 55.8 Å². The molecule has 0 N–H and O–H groups in total. The highest BCUT2D eigenvalue weighted by Gasteiger charge is 2.38. The summed E-state index contributed by atoms with van der Waals surface area (Å²) in [6.07, 6.45) is 0.0226. The Bertz CT molecular complexity index is 899. The van der Waals surface area contributed by atoms with Crippen LogP contribution in [-0.2, 0) is 9.47 Å². The number of aliphatic imine (C=N–C) groups is 2. The van der Waals surface area contributed by atoms with Gasteiger partial charge in [0, 0.05) is 0 Å². The predicted molar refractivity (Wildman–Crippen MR) is 154 cm³/mol. The normalized spacial score (nSPS) is 24.5. The maximum atomic E-state index is 6.22. The monoisotopic (exact) mass is 500 g/mol. The van der Waals surface area contributed by atoms with Crippen molar-refractivity contribution >= 4 is 39.6 Å². The van der Waals surface area contributed by atoms with Crippen molar-refractivity contribution in [2.45, 2.75) is 72.8 Å². The summed E-state index contributed by atoms with van der Waals surface area (Å²) in [5, 5.41) is 2.71. The lowest BCUT2D eigenvalue weighted by Crippen LogP contribution is -2.25. The van der Waals surface area contributed by atoms with Gasteiger partial charge in [-0.15, -0.1) is 0 Å². The van der Waals surface area contributed by atoms with Crippen LogP contribution in [0.2, 0.25) is 0 Å². The molecule has 7 atom stereocenters. The molecule has 2 aromatic rings. The fraction of sp³-hybridized carbons (Fsp3) is 0.500. The first-order valence-electron chi connectivity index (χ1n) is 12.6. The molecule has 2 aliphatic heterocycles. The van der Waals surface area contributed by atoms with Crippen molar-refractivity contribution in [2.75, 3.05) is 13.3 Å². The maximum absolute atomic E-state index is 6.22. The van der Waals surface area contributed by atoms with Crippen LogP contribution in [-0.4, -0.2) is 37.3 Å². The van der Waals surface area contributed by atoms with Gasteiger partial charge >= 0.3 is 0 Å². The third kappa shape index (κ3) is 6.27. The van der Waals surface area contributed by atoms with E-state index in [9.17, 15) is 0 Å². The minimum absolute atomic E-state index is 0.0113. The lowest BCUT2D eigenvalue weighted by atomic mass is 10.0. The molecule has 0 bridgehead atoms.